The van der Waals surface area contributed by atoms with Gasteiger partial charge in [0, 0.05) is 50.8 Å². The summed E-state index contributed by atoms with van der Waals surface area (Å²) >= 11 is 10.3. The molecule has 5 atom stereocenters. The monoisotopic (exact) mass is 613 g/mol. The Morgan fingerprint density at radius 1 is 1.15 bits per heavy atom. The number of nitrogens with one attached hydrogen (secondary N) is 2. The zero-order valence-electron chi connectivity index (χ0n) is 22.2. The highest BCUT2D eigenvalue weighted by Gasteiger charge is 2.45. The van der Waals surface area contributed by atoms with Crippen molar-refractivity contribution in [3.05, 3.63) is 48.0 Å². The fraction of sp³-hybridized carbons (Fsp3) is 0.500. The molecule has 2 unspecified atom stereocenters. The number of thiocarbonyl (C=S) groups is 1. The molecule has 0 bridgehead atoms. The second kappa shape index (κ2) is 15.6. The Kier molecular flexibility index (Phi) is 12.5. The molecule has 1 fully saturated rings. The number of imide groups is 1. The largest absolute Gasteiger partial charge is 0.508 e. The van der Waals surface area contributed by atoms with Gasteiger partial charge in [-0.25, -0.2) is 4.79 Å². The first-order valence-corrected chi connectivity index (χ1v) is 15.7. The Balaban J connectivity index is 1.43. The van der Waals surface area contributed by atoms with Crippen molar-refractivity contribution < 1.29 is 42.5 Å². The van der Waals surface area contributed by atoms with Crippen LogP contribution in [0, 0.1) is 5.92 Å². The minimum absolute atomic E-state index is 0.0701. The van der Waals surface area contributed by atoms with E-state index in [1.54, 1.807) is 0 Å². The first-order valence-electron chi connectivity index (χ1n) is 12.7. The van der Waals surface area contributed by atoms with E-state index in [1.807, 2.05) is 38.2 Å². The first-order chi connectivity index (χ1) is 19.1. The summed E-state index contributed by atoms with van der Waals surface area (Å²) in [6.45, 7) is -2.56. The van der Waals surface area contributed by atoms with Crippen LogP contribution in [0.3, 0.4) is 0 Å². The maximum absolute atomic E-state index is 12.1. The third-order valence-electron chi connectivity index (χ3n) is 6.35. The van der Waals surface area contributed by atoms with Crippen LogP contribution in [-0.4, -0.2) is 92.3 Å². The van der Waals surface area contributed by atoms with Gasteiger partial charge in [-0.3, -0.25) is 14.5 Å². The van der Waals surface area contributed by atoms with Crippen LogP contribution in [-0.2, 0) is 51.3 Å². The SMILES string of the molecule is B[C@@H]1O[C@H](COC(=O)OCc2ccccc2)[C@H](OP(O)(=S)OC)C1CCCNC(=S)NCCN1C(=O)C=CC1=O. The Hall–Kier alpha value is -2.39. The molecule has 2 amide bonds. The summed E-state index contributed by atoms with van der Waals surface area (Å²) in [5.74, 6) is -0.864. The number of benzene rings is 1. The summed E-state index contributed by atoms with van der Waals surface area (Å²) < 4.78 is 27.2. The summed E-state index contributed by atoms with van der Waals surface area (Å²) in [7, 11) is 3.14. The van der Waals surface area contributed by atoms with Crippen LogP contribution >= 0.6 is 18.9 Å². The number of carbonyl (C=O) groups is 3. The van der Waals surface area contributed by atoms with Gasteiger partial charge in [-0.05, 0) is 42.4 Å². The second-order valence-corrected chi connectivity index (χ2v) is 12.4. The van der Waals surface area contributed by atoms with Gasteiger partial charge >= 0.3 is 12.9 Å². The Bertz CT molecular complexity index is 1110. The normalized spacial score (nSPS) is 23.6. The third kappa shape index (κ3) is 9.91. The lowest BCUT2D eigenvalue weighted by Crippen LogP contribution is -2.42. The van der Waals surface area contributed by atoms with Gasteiger partial charge in [-0.15, -0.1) is 0 Å². The number of carbonyl (C=O) groups excluding carboxylic acids is 3. The van der Waals surface area contributed by atoms with Crippen molar-refractivity contribution >= 4 is 61.7 Å². The number of rotatable bonds is 14. The van der Waals surface area contributed by atoms with E-state index in [1.165, 1.54) is 19.3 Å². The molecule has 218 valence electrons. The molecule has 2 aliphatic rings. The van der Waals surface area contributed by atoms with Crippen molar-refractivity contribution in [3.8, 4) is 0 Å². The molecule has 3 rings (SSSR count). The number of nitrogens with zero attached hydrogens (tertiary/aromatic N) is 1. The van der Waals surface area contributed by atoms with Crippen LogP contribution in [0.2, 0.25) is 0 Å². The summed E-state index contributed by atoms with van der Waals surface area (Å²) in [5, 5.41) is 6.44. The average Bonchev–Trinajstić information content (AvgIpc) is 3.41. The highest BCUT2D eigenvalue weighted by Crippen LogP contribution is 2.48. The summed E-state index contributed by atoms with van der Waals surface area (Å²) in [5.41, 5.74) is 0.824. The Morgan fingerprint density at radius 3 is 2.50 bits per heavy atom. The molecule has 12 nitrogen and oxygen atoms in total. The molecule has 2 aliphatic heterocycles. The molecule has 0 radical (unpaired) electrons. The lowest BCUT2D eigenvalue weighted by Gasteiger charge is -2.27. The Labute approximate surface area is 244 Å². The van der Waals surface area contributed by atoms with Crippen molar-refractivity contribution in [1.82, 2.24) is 15.5 Å². The molecule has 16 heteroatoms. The maximum Gasteiger partial charge on any atom is 0.508 e. The highest BCUT2D eigenvalue weighted by atomic mass is 32.5. The zero-order valence-corrected chi connectivity index (χ0v) is 24.8. The van der Waals surface area contributed by atoms with Crippen LogP contribution in [0.15, 0.2) is 42.5 Å². The lowest BCUT2D eigenvalue weighted by molar-refractivity contribution is -0.136. The van der Waals surface area contributed by atoms with Gasteiger partial charge < -0.3 is 38.8 Å². The molecule has 0 aromatic heterocycles. The lowest BCUT2D eigenvalue weighted by atomic mass is 9.82. The number of ether oxygens (including phenoxy) is 3. The molecule has 3 N–H and O–H groups in total. The second-order valence-electron chi connectivity index (χ2n) is 9.09. The number of hydrogen-bond donors (Lipinski definition) is 3. The molecule has 1 saturated heterocycles. The standard InChI is InChI=1S/C24H33BN3O9PS2/c1-33-38(32,40)37-21-17(8-5-11-26-23(39)27-12-13-28-19(29)9-10-20(28)30)22(25)36-18(21)15-35-24(31)34-14-16-6-3-2-4-7-16/h2-4,6-7,9-10,17-18,21-22H,5,8,11-15,25H2,1H3,(H,32,40)(H2,26,27,39)/t17?,18-,21-,22-,38?/m1/s1. The van der Waals surface area contributed by atoms with Gasteiger partial charge in [0.2, 0.25) is 0 Å². The highest BCUT2D eigenvalue weighted by molar-refractivity contribution is 8.07. The van der Waals surface area contributed by atoms with Crippen molar-refractivity contribution in [2.75, 3.05) is 33.4 Å². The zero-order chi connectivity index (χ0) is 29.1. The molecule has 0 saturated carbocycles. The van der Waals surface area contributed by atoms with Gasteiger partial charge in [-0.2, -0.15) is 0 Å². The minimum atomic E-state index is -3.53. The van der Waals surface area contributed by atoms with Crippen LogP contribution in [0.25, 0.3) is 0 Å². The van der Waals surface area contributed by atoms with Gasteiger partial charge in [0.15, 0.2) is 5.11 Å². The van der Waals surface area contributed by atoms with Gasteiger partial charge in [-0.1, -0.05) is 30.3 Å². The van der Waals surface area contributed by atoms with Crippen molar-refractivity contribution in [2.24, 2.45) is 5.92 Å². The van der Waals surface area contributed by atoms with Gasteiger partial charge in [0.05, 0.1) is 0 Å². The predicted octanol–water partition coefficient (Wildman–Crippen LogP) is 0.732. The molecular formula is C24H33BN3O9PS2. The molecule has 1 aromatic carbocycles. The van der Waals surface area contributed by atoms with E-state index in [9.17, 15) is 19.3 Å². The van der Waals surface area contributed by atoms with Crippen molar-refractivity contribution in [1.29, 1.82) is 0 Å². The van der Waals surface area contributed by atoms with Crippen molar-refractivity contribution in [3.63, 3.8) is 0 Å². The summed E-state index contributed by atoms with van der Waals surface area (Å²) in [6.07, 6.45) is 1.55. The minimum Gasteiger partial charge on any atom is -0.431 e. The molecular weight excluding hydrogens is 580 g/mol. The average molecular weight is 613 g/mol. The van der Waals surface area contributed by atoms with E-state index >= 15 is 0 Å². The first kappa shape index (κ1) is 32.1. The van der Waals surface area contributed by atoms with Crippen LogP contribution < -0.4 is 10.6 Å². The fourth-order valence-corrected chi connectivity index (χ4v) is 5.50. The summed E-state index contributed by atoms with van der Waals surface area (Å²) in [6, 6.07) is 8.93. The van der Waals surface area contributed by atoms with E-state index in [0.717, 1.165) is 10.5 Å². The third-order valence-corrected chi connectivity index (χ3v) is 8.32. The van der Waals surface area contributed by atoms with E-state index in [2.05, 4.69) is 10.6 Å². The smallest absolute Gasteiger partial charge is 0.431 e. The van der Waals surface area contributed by atoms with E-state index in [4.69, 9.17) is 47.3 Å². The molecule has 1 aromatic rings. The van der Waals surface area contributed by atoms with Crippen LogP contribution in [0.1, 0.15) is 18.4 Å². The Morgan fingerprint density at radius 2 is 1.82 bits per heavy atom. The van der Waals surface area contributed by atoms with Crippen molar-refractivity contribution in [2.45, 2.75) is 37.7 Å². The van der Waals surface area contributed by atoms with E-state index in [0.29, 0.717) is 31.0 Å². The number of amides is 2. The maximum atomic E-state index is 12.1. The molecule has 40 heavy (non-hydrogen) atoms. The van der Waals surface area contributed by atoms with E-state index in [-0.39, 0.29) is 43.5 Å². The summed E-state index contributed by atoms with van der Waals surface area (Å²) in [4.78, 5) is 46.8. The topological polar surface area (TPSA) is 145 Å². The van der Waals surface area contributed by atoms with Crippen LogP contribution in [0.5, 0.6) is 0 Å². The molecule has 0 spiro atoms. The molecule has 0 aliphatic carbocycles. The quantitative estimate of drug-likeness (QED) is 0.0678. The van der Waals surface area contributed by atoms with E-state index < -0.39 is 25.1 Å². The van der Waals surface area contributed by atoms with Gasteiger partial charge in [0.25, 0.3) is 11.8 Å². The predicted molar refractivity (Wildman–Crippen MR) is 155 cm³/mol. The number of hydrogen-bond acceptors (Lipinski definition) is 10. The van der Waals surface area contributed by atoms with Gasteiger partial charge in [0.1, 0.15) is 33.3 Å². The van der Waals surface area contributed by atoms with Crippen LogP contribution in [0.4, 0.5) is 4.79 Å². The fourth-order valence-electron chi connectivity index (χ4n) is 4.32. The molecule has 2 heterocycles.